The number of hydrogen-bond acceptors (Lipinski definition) is 7. The van der Waals surface area contributed by atoms with E-state index in [1.165, 1.54) is 25.3 Å². The highest BCUT2D eigenvalue weighted by Crippen LogP contribution is 2.26. The molecule has 0 aliphatic heterocycles. The average Bonchev–Trinajstić information content (AvgIpc) is 2.66. The molecule has 0 bridgehead atoms. The maximum absolute atomic E-state index is 12.2. The second-order valence-electron chi connectivity index (χ2n) is 5.30. The number of nitro groups is 1. The van der Waals surface area contributed by atoms with Gasteiger partial charge in [-0.1, -0.05) is 12.1 Å². The van der Waals surface area contributed by atoms with Crippen molar-refractivity contribution >= 4 is 17.3 Å². The number of carbonyl (C=O) groups excluding carboxylic acids is 1. The van der Waals surface area contributed by atoms with E-state index < -0.39 is 10.9 Å². The van der Waals surface area contributed by atoms with Crippen molar-refractivity contribution in [1.82, 2.24) is 0 Å². The van der Waals surface area contributed by atoms with Gasteiger partial charge in [-0.15, -0.1) is 0 Å². The average molecular weight is 355 g/mol. The zero-order chi connectivity index (χ0) is 18.9. The van der Waals surface area contributed by atoms with E-state index in [0.717, 1.165) is 0 Å². The van der Waals surface area contributed by atoms with Gasteiger partial charge in [-0.2, -0.15) is 5.26 Å². The Balaban J connectivity index is 2.09. The van der Waals surface area contributed by atoms with Crippen molar-refractivity contribution < 1.29 is 19.2 Å². The summed E-state index contributed by atoms with van der Waals surface area (Å²) < 4.78 is 10.1. The molecular formula is C18H17N3O5. The standard InChI is InChI=1S/C18H17N3O5/c1-25-8-7-20-16-6-5-15(10-17(16)21(23)24)18(22)26-12-14-4-2-3-13(9-14)11-19/h2-6,9-10,20H,7-8,12H2,1H3. The summed E-state index contributed by atoms with van der Waals surface area (Å²) in [5.41, 5.74) is 1.27. The quantitative estimate of drug-likeness (QED) is 0.335. The van der Waals surface area contributed by atoms with Crippen molar-refractivity contribution in [1.29, 1.82) is 5.26 Å². The zero-order valence-electron chi connectivity index (χ0n) is 14.1. The molecule has 0 heterocycles. The maximum atomic E-state index is 12.2. The molecule has 0 saturated carbocycles. The lowest BCUT2D eigenvalue weighted by molar-refractivity contribution is -0.384. The Kier molecular flexibility index (Phi) is 6.65. The summed E-state index contributed by atoms with van der Waals surface area (Å²) in [6.07, 6.45) is 0. The Morgan fingerprint density at radius 2 is 2.12 bits per heavy atom. The van der Waals surface area contributed by atoms with Crippen molar-refractivity contribution in [2.75, 3.05) is 25.6 Å². The highest BCUT2D eigenvalue weighted by atomic mass is 16.6. The minimum Gasteiger partial charge on any atom is -0.457 e. The van der Waals surface area contributed by atoms with Crippen molar-refractivity contribution in [3.63, 3.8) is 0 Å². The molecule has 2 aromatic carbocycles. The van der Waals surface area contributed by atoms with E-state index in [9.17, 15) is 14.9 Å². The van der Waals surface area contributed by atoms with Crippen LogP contribution in [0.5, 0.6) is 0 Å². The van der Waals surface area contributed by atoms with Gasteiger partial charge < -0.3 is 14.8 Å². The van der Waals surface area contributed by atoms with Gasteiger partial charge in [0.25, 0.3) is 5.69 Å². The first-order valence-electron chi connectivity index (χ1n) is 7.72. The van der Waals surface area contributed by atoms with Gasteiger partial charge in [0.15, 0.2) is 0 Å². The number of nitro benzene ring substituents is 1. The summed E-state index contributed by atoms with van der Waals surface area (Å²) in [5.74, 6) is -0.682. The van der Waals surface area contributed by atoms with Gasteiger partial charge >= 0.3 is 5.97 Å². The molecule has 0 aliphatic rings. The summed E-state index contributed by atoms with van der Waals surface area (Å²) in [4.78, 5) is 22.8. The number of nitrogens with zero attached hydrogens (tertiary/aromatic N) is 2. The molecule has 134 valence electrons. The number of carbonyl (C=O) groups is 1. The fourth-order valence-electron chi connectivity index (χ4n) is 2.21. The van der Waals surface area contributed by atoms with Crippen LogP contribution in [0.25, 0.3) is 0 Å². The van der Waals surface area contributed by atoms with Gasteiger partial charge in [-0.25, -0.2) is 4.79 Å². The first-order chi connectivity index (χ1) is 12.5. The van der Waals surface area contributed by atoms with Crippen LogP contribution in [0.4, 0.5) is 11.4 Å². The number of esters is 1. The van der Waals surface area contributed by atoms with Crippen LogP contribution in [0.3, 0.4) is 0 Å². The van der Waals surface area contributed by atoms with Crippen LogP contribution in [-0.4, -0.2) is 31.2 Å². The fourth-order valence-corrected chi connectivity index (χ4v) is 2.21. The Morgan fingerprint density at radius 1 is 1.31 bits per heavy atom. The molecule has 8 heteroatoms. The van der Waals surface area contributed by atoms with Crippen LogP contribution < -0.4 is 5.32 Å². The molecule has 0 unspecified atom stereocenters. The van der Waals surface area contributed by atoms with Gasteiger partial charge in [0.05, 0.1) is 28.7 Å². The number of nitriles is 1. The number of rotatable bonds is 8. The molecule has 0 radical (unpaired) electrons. The molecule has 0 atom stereocenters. The summed E-state index contributed by atoms with van der Waals surface area (Å²) in [5, 5.41) is 23.0. The van der Waals surface area contributed by atoms with Crippen LogP contribution in [0.2, 0.25) is 0 Å². The lowest BCUT2D eigenvalue weighted by Gasteiger charge is -2.09. The fraction of sp³-hybridized carbons (Fsp3) is 0.222. The van der Waals surface area contributed by atoms with Gasteiger partial charge in [-0.05, 0) is 29.8 Å². The maximum Gasteiger partial charge on any atom is 0.338 e. The largest absolute Gasteiger partial charge is 0.457 e. The Morgan fingerprint density at radius 3 is 2.81 bits per heavy atom. The van der Waals surface area contributed by atoms with Gasteiger partial charge in [0.2, 0.25) is 0 Å². The lowest BCUT2D eigenvalue weighted by atomic mass is 10.1. The topological polar surface area (TPSA) is 114 Å². The third kappa shape index (κ3) is 5.03. The number of benzene rings is 2. The van der Waals surface area contributed by atoms with Crippen LogP contribution in [0.15, 0.2) is 42.5 Å². The van der Waals surface area contributed by atoms with Gasteiger partial charge in [-0.3, -0.25) is 10.1 Å². The molecule has 1 N–H and O–H groups in total. The van der Waals surface area contributed by atoms with Gasteiger partial charge in [0, 0.05) is 19.7 Å². The van der Waals surface area contributed by atoms with E-state index >= 15 is 0 Å². The smallest absolute Gasteiger partial charge is 0.338 e. The number of hydrogen-bond donors (Lipinski definition) is 1. The first kappa shape index (κ1) is 18.9. The Hall–Kier alpha value is -3.44. The first-order valence-corrected chi connectivity index (χ1v) is 7.72. The Bertz CT molecular complexity index is 845. The third-order valence-electron chi connectivity index (χ3n) is 3.48. The summed E-state index contributed by atoms with van der Waals surface area (Å²) in [6.45, 7) is 0.759. The zero-order valence-corrected chi connectivity index (χ0v) is 14.1. The molecule has 8 nitrogen and oxygen atoms in total. The molecule has 0 spiro atoms. The predicted molar refractivity (Wildman–Crippen MR) is 93.7 cm³/mol. The molecule has 26 heavy (non-hydrogen) atoms. The molecule has 0 amide bonds. The van der Waals surface area contributed by atoms with E-state index in [1.54, 1.807) is 24.3 Å². The predicted octanol–water partition coefficient (Wildman–Crippen LogP) is 2.88. The van der Waals surface area contributed by atoms with E-state index in [4.69, 9.17) is 14.7 Å². The molecule has 0 saturated heterocycles. The van der Waals surface area contributed by atoms with E-state index in [1.807, 2.05) is 6.07 Å². The highest BCUT2D eigenvalue weighted by Gasteiger charge is 2.18. The molecule has 0 aromatic heterocycles. The van der Waals surface area contributed by atoms with Crippen LogP contribution >= 0.6 is 0 Å². The van der Waals surface area contributed by atoms with E-state index in [-0.39, 0.29) is 17.9 Å². The molecule has 2 aromatic rings. The summed E-state index contributed by atoms with van der Waals surface area (Å²) >= 11 is 0. The number of anilines is 1. The Labute approximate surface area is 150 Å². The minimum atomic E-state index is -0.682. The van der Waals surface area contributed by atoms with Crippen molar-refractivity contribution in [2.24, 2.45) is 0 Å². The van der Waals surface area contributed by atoms with Gasteiger partial charge in [0.1, 0.15) is 12.3 Å². The van der Waals surface area contributed by atoms with Crippen molar-refractivity contribution in [3.05, 3.63) is 69.3 Å². The molecular weight excluding hydrogens is 338 g/mol. The number of methoxy groups -OCH3 is 1. The monoisotopic (exact) mass is 355 g/mol. The van der Waals surface area contributed by atoms with Crippen molar-refractivity contribution in [3.8, 4) is 6.07 Å². The molecule has 0 fully saturated rings. The van der Waals surface area contributed by atoms with E-state index in [2.05, 4.69) is 5.32 Å². The number of nitrogens with one attached hydrogen (secondary N) is 1. The lowest BCUT2D eigenvalue weighted by Crippen LogP contribution is -2.11. The minimum absolute atomic E-state index is 0.0318. The second kappa shape index (κ2) is 9.15. The van der Waals surface area contributed by atoms with Crippen molar-refractivity contribution in [2.45, 2.75) is 6.61 Å². The van der Waals surface area contributed by atoms with Crippen LogP contribution in [-0.2, 0) is 16.1 Å². The van der Waals surface area contributed by atoms with E-state index in [0.29, 0.717) is 30.0 Å². The molecule has 2 rings (SSSR count). The number of ether oxygens (including phenoxy) is 2. The SMILES string of the molecule is COCCNc1ccc(C(=O)OCc2cccc(C#N)c2)cc1[N+](=O)[O-]. The molecule has 0 aliphatic carbocycles. The van der Waals surface area contributed by atoms with Crippen LogP contribution in [0.1, 0.15) is 21.5 Å². The summed E-state index contributed by atoms with van der Waals surface area (Å²) in [6, 6.07) is 12.7. The van der Waals surface area contributed by atoms with Crippen LogP contribution in [0, 0.1) is 21.4 Å². The summed E-state index contributed by atoms with van der Waals surface area (Å²) in [7, 11) is 1.53. The normalized spacial score (nSPS) is 10.0. The highest BCUT2D eigenvalue weighted by molar-refractivity contribution is 5.91. The third-order valence-corrected chi connectivity index (χ3v) is 3.48. The second-order valence-corrected chi connectivity index (χ2v) is 5.30.